The SMILES string of the molecule is CN1CCN(c2ccc(NC(=O)c3ccc4c(c3)C(=O)c3ccccc3-4)cc2)CC1. The van der Waals surface area contributed by atoms with E-state index in [-0.39, 0.29) is 11.7 Å². The van der Waals surface area contributed by atoms with Gasteiger partial charge < -0.3 is 15.1 Å². The van der Waals surface area contributed by atoms with Crippen LogP contribution >= 0.6 is 0 Å². The van der Waals surface area contributed by atoms with Crippen molar-refractivity contribution < 1.29 is 9.59 Å². The third kappa shape index (κ3) is 3.27. The van der Waals surface area contributed by atoms with Crippen LogP contribution in [0.5, 0.6) is 0 Å². The summed E-state index contributed by atoms with van der Waals surface area (Å²) in [5, 5.41) is 2.95. The summed E-state index contributed by atoms with van der Waals surface area (Å²) in [7, 11) is 2.14. The summed E-state index contributed by atoms with van der Waals surface area (Å²) >= 11 is 0. The first kappa shape index (κ1) is 18.6. The lowest BCUT2D eigenvalue weighted by Crippen LogP contribution is -2.44. The number of carbonyl (C=O) groups is 2. The second-order valence-corrected chi connectivity index (χ2v) is 7.93. The van der Waals surface area contributed by atoms with E-state index < -0.39 is 0 Å². The number of carbonyl (C=O) groups excluding carboxylic acids is 2. The van der Waals surface area contributed by atoms with Crippen LogP contribution < -0.4 is 10.2 Å². The largest absolute Gasteiger partial charge is 0.369 e. The number of piperazine rings is 1. The van der Waals surface area contributed by atoms with E-state index in [1.807, 2.05) is 54.6 Å². The molecule has 0 bridgehead atoms. The molecule has 1 heterocycles. The van der Waals surface area contributed by atoms with Crippen LogP contribution in [0, 0.1) is 0 Å². The highest BCUT2D eigenvalue weighted by atomic mass is 16.1. The molecule has 1 aliphatic heterocycles. The molecule has 0 spiro atoms. The Bertz CT molecular complexity index is 1130. The molecule has 150 valence electrons. The van der Waals surface area contributed by atoms with E-state index in [0.29, 0.717) is 16.7 Å². The lowest BCUT2D eigenvalue weighted by atomic mass is 10.0. The topological polar surface area (TPSA) is 52.6 Å². The first-order chi connectivity index (χ1) is 14.6. The number of amides is 1. The minimum absolute atomic E-state index is 0.0215. The normalized spacial score (nSPS) is 15.6. The van der Waals surface area contributed by atoms with Crippen LogP contribution in [0.3, 0.4) is 0 Å². The van der Waals surface area contributed by atoms with Crippen molar-refractivity contribution in [1.29, 1.82) is 0 Å². The van der Waals surface area contributed by atoms with Gasteiger partial charge in [-0.2, -0.15) is 0 Å². The van der Waals surface area contributed by atoms with Gasteiger partial charge in [-0.25, -0.2) is 0 Å². The van der Waals surface area contributed by atoms with Crippen LogP contribution in [0.15, 0.2) is 66.7 Å². The van der Waals surface area contributed by atoms with Crippen molar-refractivity contribution >= 4 is 23.1 Å². The van der Waals surface area contributed by atoms with E-state index in [9.17, 15) is 9.59 Å². The maximum atomic E-state index is 12.8. The predicted molar refractivity (Wildman–Crippen MR) is 119 cm³/mol. The molecule has 5 rings (SSSR count). The molecule has 1 saturated heterocycles. The fourth-order valence-corrected chi connectivity index (χ4v) is 4.19. The van der Waals surface area contributed by atoms with Crippen LogP contribution in [-0.4, -0.2) is 49.8 Å². The number of nitrogens with one attached hydrogen (secondary N) is 1. The molecule has 1 amide bonds. The molecule has 0 saturated carbocycles. The standard InChI is InChI=1S/C25H23N3O2/c1-27-12-14-28(15-13-27)19-9-7-18(8-10-19)26-25(30)17-6-11-21-20-4-2-3-5-22(20)24(29)23(21)16-17/h2-11,16H,12-15H2,1H3,(H,26,30). The number of anilines is 2. The van der Waals surface area contributed by atoms with E-state index in [1.54, 1.807) is 12.1 Å². The van der Waals surface area contributed by atoms with Gasteiger partial charge in [0.2, 0.25) is 0 Å². The third-order valence-corrected chi connectivity index (χ3v) is 5.98. The molecule has 1 fully saturated rings. The van der Waals surface area contributed by atoms with Crippen LogP contribution in [0.2, 0.25) is 0 Å². The number of likely N-dealkylation sites (N-methyl/N-ethyl adjacent to an activating group) is 1. The molecule has 30 heavy (non-hydrogen) atoms. The first-order valence-electron chi connectivity index (χ1n) is 10.2. The Kier molecular flexibility index (Phi) is 4.60. The molecule has 0 atom stereocenters. The van der Waals surface area contributed by atoms with Crippen molar-refractivity contribution in [1.82, 2.24) is 4.90 Å². The van der Waals surface area contributed by atoms with Crippen molar-refractivity contribution in [3.8, 4) is 11.1 Å². The Hall–Kier alpha value is -3.44. The number of nitrogens with zero attached hydrogens (tertiary/aromatic N) is 2. The Balaban J connectivity index is 1.31. The summed E-state index contributed by atoms with van der Waals surface area (Å²) in [5.74, 6) is -0.235. The highest BCUT2D eigenvalue weighted by Gasteiger charge is 2.27. The maximum absolute atomic E-state index is 12.8. The van der Waals surface area contributed by atoms with Gasteiger partial charge in [0.1, 0.15) is 0 Å². The molecule has 1 aliphatic carbocycles. The fourth-order valence-electron chi connectivity index (χ4n) is 4.19. The zero-order valence-corrected chi connectivity index (χ0v) is 16.9. The van der Waals surface area contributed by atoms with E-state index in [1.165, 1.54) is 5.69 Å². The Morgan fingerprint density at radius 1 is 0.800 bits per heavy atom. The summed E-state index contributed by atoms with van der Waals surface area (Å²) in [6.07, 6.45) is 0. The molecule has 0 radical (unpaired) electrons. The minimum Gasteiger partial charge on any atom is -0.369 e. The highest BCUT2D eigenvalue weighted by molar-refractivity contribution is 6.22. The molecule has 2 aliphatic rings. The van der Waals surface area contributed by atoms with Gasteiger partial charge in [-0.15, -0.1) is 0 Å². The van der Waals surface area contributed by atoms with Crippen molar-refractivity contribution in [2.75, 3.05) is 43.4 Å². The van der Waals surface area contributed by atoms with Crippen LogP contribution in [-0.2, 0) is 0 Å². The van der Waals surface area contributed by atoms with E-state index >= 15 is 0 Å². The van der Waals surface area contributed by atoms with E-state index in [4.69, 9.17) is 0 Å². The smallest absolute Gasteiger partial charge is 0.255 e. The second-order valence-electron chi connectivity index (χ2n) is 7.93. The second kappa shape index (κ2) is 7.43. The van der Waals surface area contributed by atoms with Crippen LogP contribution in [0.25, 0.3) is 11.1 Å². The van der Waals surface area contributed by atoms with Gasteiger partial charge in [0, 0.05) is 54.2 Å². The number of hydrogen-bond acceptors (Lipinski definition) is 4. The molecule has 1 N–H and O–H groups in total. The molecular formula is C25H23N3O2. The Morgan fingerprint density at radius 2 is 1.47 bits per heavy atom. The molecule has 0 aromatic heterocycles. The number of rotatable bonds is 3. The van der Waals surface area contributed by atoms with Crippen LogP contribution in [0.1, 0.15) is 26.3 Å². The molecule has 5 heteroatoms. The molecule has 3 aromatic rings. The predicted octanol–water partition coefficient (Wildman–Crippen LogP) is 3.90. The fraction of sp³-hybridized carbons (Fsp3) is 0.200. The lowest BCUT2D eigenvalue weighted by Gasteiger charge is -2.34. The van der Waals surface area contributed by atoms with Crippen molar-refractivity contribution in [3.63, 3.8) is 0 Å². The van der Waals surface area contributed by atoms with Gasteiger partial charge in [0.05, 0.1) is 0 Å². The average Bonchev–Trinajstić information content (AvgIpc) is 3.07. The van der Waals surface area contributed by atoms with Gasteiger partial charge >= 0.3 is 0 Å². The zero-order valence-electron chi connectivity index (χ0n) is 16.9. The summed E-state index contributed by atoms with van der Waals surface area (Å²) < 4.78 is 0. The molecule has 3 aromatic carbocycles. The third-order valence-electron chi connectivity index (χ3n) is 5.98. The van der Waals surface area contributed by atoms with Crippen molar-refractivity contribution in [2.24, 2.45) is 0 Å². The average molecular weight is 397 g/mol. The van der Waals surface area contributed by atoms with Gasteiger partial charge in [0.25, 0.3) is 5.91 Å². The van der Waals surface area contributed by atoms with Gasteiger partial charge in [-0.05, 0) is 54.6 Å². The van der Waals surface area contributed by atoms with E-state index in [0.717, 1.165) is 43.0 Å². The summed E-state index contributed by atoms with van der Waals surface area (Å²) in [5.41, 5.74) is 5.51. The van der Waals surface area contributed by atoms with Gasteiger partial charge in [0.15, 0.2) is 5.78 Å². The first-order valence-corrected chi connectivity index (χ1v) is 10.2. The monoisotopic (exact) mass is 397 g/mol. The van der Waals surface area contributed by atoms with Gasteiger partial charge in [-0.1, -0.05) is 30.3 Å². The van der Waals surface area contributed by atoms with Crippen molar-refractivity contribution in [2.45, 2.75) is 0 Å². The summed E-state index contributed by atoms with van der Waals surface area (Å²) in [6, 6.07) is 20.9. The van der Waals surface area contributed by atoms with E-state index in [2.05, 4.69) is 22.2 Å². The number of fused-ring (bicyclic) bond motifs is 3. The Morgan fingerprint density at radius 3 is 2.20 bits per heavy atom. The maximum Gasteiger partial charge on any atom is 0.255 e. The number of ketones is 1. The summed E-state index contributed by atoms with van der Waals surface area (Å²) in [4.78, 5) is 30.1. The Labute approximate surface area is 175 Å². The molecule has 5 nitrogen and oxygen atoms in total. The van der Waals surface area contributed by atoms with Crippen molar-refractivity contribution in [3.05, 3.63) is 83.4 Å². The molecule has 0 unspecified atom stereocenters. The van der Waals surface area contributed by atoms with Crippen LogP contribution in [0.4, 0.5) is 11.4 Å². The highest BCUT2D eigenvalue weighted by Crippen LogP contribution is 2.36. The minimum atomic E-state index is -0.214. The van der Waals surface area contributed by atoms with Gasteiger partial charge in [-0.3, -0.25) is 9.59 Å². The number of benzene rings is 3. The molecular weight excluding hydrogens is 374 g/mol. The lowest BCUT2D eigenvalue weighted by molar-refractivity contribution is 0.102. The number of hydrogen-bond donors (Lipinski definition) is 1. The quantitative estimate of drug-likeness (QED) is 0.570. The zero-order chi connectivity index (χ0) is 20.7. The summed E-state index contributed by atoms with van der Waals surface area (Å²) in [6.45, 7) is 4.13.